The highest BCUT2D eigenvalue weighted by Crippen LogP contribution is 2.30. The molecule has 1 aliphatic heterocycles. The highest BCUT2D eigenvalue weighted by molar-refractivity contribution is 5.43. The lowest BCUT2D eigenvalue weighted by molar-refractivity contribution is 0.273. The van der Waals surface area contributed by atoms with Gasteiger partial charge in [0.05, 0.1) is 0 Å². The van der Waals surface area contributed by atoms with Crippen LogP contribution >= 0.6 is 0 Å². The predicted molar refractivity (Wildman–Crippen MR) is 71.7 cm³/mol. The first-order valence-electron chi connectivity index (χ1n) is 6.66. The van der Waals surface area contributed by atoms with Gasteiger partial charge >= 0.3 is 0 Å². The molecular formula is C15H23NO. The van der Waals surface area contributed by atoms with Crippen molar-refractivity contribution in [1.82, 2.24) is 4.90 Å². The minimum Gasteiger partial charge on any atom is -0.508 e. The first-order chi connectivity index (χ1) is 8.11. The van der Waals surface area contributed by atoms with Gasteiger partial charge in [0, 0.05) is 13.1 Å². The van der Waals surface area contributed by atoms with Crippen LogP contribution in [-0.4, -0.2) is 29.6 Å². The number of aromatic hydroxyl groups is 1. The molecule has 0 radical (unpaired) electrons. The van der Waals surface area contributed by atoms with Crippen molar-refractivity contribution in [3.8, 4) is 5.75 Å². The molecule has 0 aliphatic carbocycles. The highest BCUT2D eigenvalue weighted by atomic mass is 16.3. The fraction of sp³-hybridized carbons (Fsp3) is 0.600. The third-order valence-corrected chi connectivity index (χ3v) is 3.76. The Morgan fingerprint density at radius 1 is 1.41 bits per heavy atom. The van der Waals surface area contributed by atoms with E-state index >= 15 is 0 Å². The molecule has 2 nitrogen and oxygen atoms in total. The number of hydrogen-bond donors (Lipinski definition) is 1. The smallest absolute Gasteiger partial charge is 0.118 e. The molecule has 1 aromatic rings. The van der Waals surface area contributed by atoms with Gasteiger partial charge in [-0.25, -0.2) is 0 Å². The van der Waals surface area contributed by atoms with E-state index in [9.17, 15) is 5.11 Å². The maximum Gasteiger partial charge on any atom is 0.118 e. The number of nitrogens with zero attached hydrogens (tertiary/aromatic N) is 1. The van der Waals surface area contributed by atoms with Gasteiger partial charge in [0.15, 0.2) is 0 Å². The molecule has 0 saturated carbocycles. The van der Waals surface area contributed by atoms with Gasteiger partial charge in [-0.1, -0.05) is 19.9 Å². The molecular weight excluding hydrogens is 210 g/mol. The van der Waals surface area contributed by atoms with Crippen molar-refractivity contribution in [2.45, 2.75) is 39.5 Å². The Hall–Kier alpha value is -1.02. The maximum atomic E-state index is 9.81. The van der Waals surface area contributed by atoms with E-state index in [0.29, 0.717) is 11.7 Å². The molecule has 0 amide bonds. The van der Waals surface area contributed by atoms with Gasteiger partial charge < -0.3 is 10.0 Å². The van der Waals surface area contributed by atoms with Crippen LogP contribution in [0.25, 0.3) is 0 Å². The molecule has 0 fully saturated rings. The zero-order chi connectivity index (χ0) is 12.4. The average Bonchev–Trinajstić information content (AvgIpc) is 2.42. The summed E-state index contributed by atoms with van der Waals surface area (Å²) >= 11 is 0. The summed E-state index contributed by atoms with van der Waals surface area (Å²) in [5, 5.41) is 9.81. The Morgan fingerprint density at radius 2 is 2.18 bits per heavy atom. The van der Waals surface area contributed by atoms with Crippen LogP contribution in [0.1, 0.15) is 42.9 Å². The lowest BCUT2D eigenvalue weighted by atomic mass is 9.93. The van der Waals surface area contributed by atoms with Gasteiger partial charge in [-0.15, -0.1) is 0 Å². The monoisotopic (exact) mass is 233 g/mol. The summed E-state index contributed by atoms with van der Waals surface area (Å²) in [7, 11) is 0. The number of hydrogen-bond acceptors (Lipinski definition) is 2. The Bertz CT molecular complexity index is 400. The van der Waals surface area contributed by atoms with Crippen LogP contribution < -0.4 is 0 Å². The summed E-state index contributed by atoms with van der Waals surface area (Å²) in [6.07, 6.45) is 2.28. The normalized spacial score (nSPS) is 21.0. The molecule has 1 aromatic carbocycles. The summed E-state index contributed by atoms with van der Waals surface area (Å²) in [6.45, 7) is 9.96. The predicted octanol–water partition coefficient (Wildman–Crippen LogP) is 3.07. The van der Waals surface area contributed by atoms with Crippen LogP contribution in [0.3, 0.4) is 0 Å². The second kappa shape index (κ2) is 5.09. The van der Waals surface area contributed by atoms with Crippen LogP contribution in [0.15, 0.2) is 12.1 Å². The zero-order valence-corrected chi connectivity index (χ0v) is 11.2. The molecule has 2 rings (SSSR count). The van der Waals surface area contributed by atoms with Crippen LogP contribution in [0, 0.1) is 6.92 Å². The van der Waals surface area contributed by atoms with Crippen LogP contribution in [0.5, 0.6) is 5.75 Å². The largest absolute Gasteiger partial charge is 0.508 e. The van der Waals surface area contributed by atoms with E-state index in [-0.39, 0.29) is 0 Å². The van der Waals surface area contributed by atoms with Crippen molar-refractivity contribution in [2.75, 3.05) is 19.6 Å². The Labute approximate surface area is 104 Å². The Kier molecular flexibility index (Phi) is 3.72. The molecule has 2 heteroatoms. The number of phenolic OH excluding ortho intramolecular Hbond substituents is 1. The number of benzene rings is 1. The van der Waals surface area contributed by atoms with Crippen molar-refractivity contribution >= 4 is 0 Å². The number of aryl methyl sites for hydroxylation is 1. The topological polar surface area (TPSA) is 23.5 Å². The van der Waals surface area contributed by atoms with E-state index < -0.39 is 0 Å². The van der Waals surface area contributed by atoms with E-state index in [1.165, 1.54) is 24.1 Å². The fourth-order valence-electron chi connectivity index (χ4n) is 2.81. The highest BCUT2D eigenvalue weighted by Gasteiger charge is 2.20. The lowest BCUT2D eigenvalue weighted by Crippen LogP contribution is -2.28. The third kappa shape index (κ3) is 2.63. The van der Waals surface area contributed by atoms with E-state index in [2.05, 4.69) is 24.8 Å². The van der Waals surface area contributed by atoms with E-state index in [4.69, 9.17) is 0 Å². The minimum absolute atomic E-state index is 0.444. The Morgan fingerprint density at radius 3 is 2.88 bits per heavy atom. The average molecular weight is 233 g/mol. The van der Waals surface area contributed by atoms with Gasteiger partial charge in [-0.05, 0) is 55.0 Å². The molecule has 1 unspecified atom stereocenters. The summed E-state index contributed by atoms with van der Waals surface area (Å²) in [5.74, 6) is 1.01. The van der Waals surface area contributed by atoms with Gasteiger partial charge in [-0.2, -0.15) is 0 Å². The SMILES string of the molecule is CCCN1CCc2cc(O)c(C)cc2C(C)C1. The van der Waals surface area contributed by atoms with Crippen molar-refractivity contribution in [3.05, 3.63) is 28.8 Å². The first kappa shape index (κ1) is 12.4. The second-order valence-corrected chi connectivity index (χ2v) is 5.29. The molecule has 1 heterocycles. The zero-order valence-electron chi connectivity index (χ0n) is 11.2. The van der Waals surface area contributed by atoms with E-state index in [1.54, 1.807) is 0 Å². The summed E-state index contributed by atoms with van der Waals surface area (Å²) < 4.78 is 0. The van der Waals surface area contributed by atoms with Crippen LogP contribution in [0.4, 0.5) is 0 Å². The third-order valence-electron chi connectivity index (χ3n) is 3.76. The molecule has 0 saturated heterocycles. The van der Waals surface area contributed by atoms with Gasteiger partial charge in [-0.3, -0.25) is 0 Å². The number of fused-ring (bicyclic) bond motifs is 1. The lowest BCUT2D eigenvalue weighted by Gasteiger charge is -2.21. The maximum absolute atomic E-state index is 9.81. The molecule has 1 aliphatic rings. The molecule has 0 bridgehead atoms. The van der Waals surface area contributed by atoms with Crippen LogP contribution in [-0.2, 0) is 6.42 Å². The summed E-state index contributed by atoms with van der Waals surface area (Å²) in [6, 6.07) is 4.14. The second-order valence-electron chi connectivity index (χ2n) is 5.29. The van der Waals surface area contributed by atoms with Crippen molar-refractivity contribution < 1.29 is 5.11 Å². The number of rotatable bonds is 2. The summed E-state index contributed by atoms with van der Waals surface area (Å²) in [4.78, 5) is 2.54. The summed E-state index contributed by atoms with van der Waals surface area (Å²) in [5.41, 5.74) is 3.76. The molecule has 94 valence electrons. The molecule has 17 heavy (non-hydrogen) atoms. The van der Waals surface area contributed by atoms with E-state index in [1.807, 2.05) is 13.0 Å². The van der Waals surface area contributed by atoms with Crippen molar-refractivity contribution in [2.24, 2.45) is 0 Å². The van der Waals surface area contributed by atoms with Crippen molar-refractivity contribution in [1.29, 1.82) is 0 Å². The molecule has 0 spiro atoms. The van der Waals surface area contributed by atoms with Crippen molar-refractivity contribution in [3.63, 3.8) is 0 Å². The standard InChI is InChI=1S/C15H23NO/c1-4-6-16-7-5-13-9-15(17)11(2)8-14(13)12(3)10-16/h8-9,12,17H,4-7,10H2,1-3H3. The first-order valence-corrected chi connectivity index (χ1v) is 6.66. The van der Waals surface area contributed by atoms with Gasteiger partial charge in [0.1, 0.15) is 5.75 Å². The Balaban J connectivity index is 2.28. The molecule has 1 atom stereocenters. The molecule has 1 N–H and O–H groups in total. The van der Waals surface area contributed by atoms with E-state index in [0.717, 1.165) is 25.1 Å². The molecule has 0 aromatic heterocycles. The quantitative estimate of drug-likeness (QED) is 0.848. The minimum atomic E-state index is 0.444. The number of phenols is 1. The van der Waals surface area contributed by atoms with Crippen LogP contribution in [0.2, 0.25) is 0 Å². The van der Waals surface area contributed by atoms with Gasteiger partial charge in [0.25, 0.3) is 0 Å². The fourth-order valence-corrected chi connectivity index (χ4v) is 2.81. The van der Waals surface area contributed by atoms with Gasteiger partial charge in [0.2, 0.25) is 0 Å².